The molecule has 1 N–H and O–H groups in total. The molecule has 3 heteroatoms. The minimum Gasteiger partial charge on any atom is -0.492 e. The zero-order chi connectivity index (χ0) is 13.0. The Bertz CT molecular complexity index is 357. The first-order valence-corrected chi connectivity index (χ1v) is 6.79. The first-order chi connectivity index (χ1) is 8.65. The fourth-order valence-electron chi connectivity index (χ4n) is 1.97. The molecule has 0 spiro atoms. The van der Waals surface area contributed by atoms with E-state index in [-0.39, 0.29) is 0 Å². The van der Waals surface area contributed by atoms with Gasteiger partial charge in [0, 0.05) is 18.3 Å². The minimum absolute atomic E-state index is 0.588. The first kappa shape index (κ1) is 13.2. The zero-order valence-corrected chi connectivity index (χ0v) is 11.6. The van der Waals surface area contributed by atoms with Crippen molar-refractivity contribution in [2.75, 3.05) is 32.6 Å². The fourth-order valence-corrected chi connectivity index (χ4v) is 1.97. The van der Waals surface area contributed by atoms with E-state index < -0.39 is 0 Å². The lowest BCUT2D eigenvalue weighted by molar-refractivity contribution is 0.261. The van der Waals surface area contributed by atoms with Crippen molar-refractivity contribution in [2.45, 2.75) is 25.8 Å². The average Bonchev–Trinajstić information content (AvgIpc) is 3.15. The molecule has 0 aliphatic heterocycles. The Morgan fingerprint density at radius 1 is 1.28 bits per heavy atom. The van der Waals surface area contributed by atoms with E-state index in [4.69, 9.17) is 4.74 Å². The van der Waals surface area contributed by atoms with Crippen LogP contribution in [0.2, 0.25) is 0 Å². The molecule has 1 aromatic carbocycles. The van der Waals surface area contributed by atoms with Crippen LogP contribution in [0.1, 0.15) is 19.8 Å². The monoisotopic (exact) mass is 248 g/mol. The molecule has 2 rings (SSSR count). The van der Waals surface area contributed by atoms with Crippen molar-refractivity contribution in [3.63, 3.8) is 0 Å². The molecule has 1 aliphatic carbocycles. The predicted octanol–water partition coefficient (Wildman–Crippen LogP) is 2.84. The largest absolute Gasteiger partial charge is 0.492 e. The lowest BCUT2D eigenvalue weighted by Crippen LogP contribution is -2.19. The van der Waals surface area contributed by atoms with Crippen LogP contribution in [0.15, 0.2) is 24.3 Å². The lowest BCUT2D eigenvalue weighted by atomic mass is 10.2. The maximum Gasteiger partial charge on any atom is 0.119 e. The summed E-state index contributed by atoms with van der Waals surface area (Å²) in [6.07, 6.45) is 2.75. The number of nitrogens with one attached hydrogen (secondary N) is 1. The van der Waals surface area contributed by atoms with Gasteiger partial charge in [0.1, 0.15) is 12.4 Å². The highest BCUT2D eigenvalue weighted by Crippen LogP contribution is 2.34. The maximum atomic E-state index is 5.67. The molecule has 0 amide bonds. The van der Waals surface area contributed by atoms with Crippen LogP contribution in [-0.4, -0.2) is 38.2 Å². The topological polar surface area (TPSA) is 24.5 Å². The van der Waals surface area contributed by atoms with Gasteiger partial charge in [-0.3, -0.25) is 0 Å². The van der Waals surface area contributed by atoms with Crippen molar-refractivity contribution >= 4 is 5.69 Å². The molecule has 18 heavy (non-hydrogen) atoms. The van der Waals surface area contributed by atoms with Crippen LogP contribution in [-0.2, 0) is 0 Å². The van der Waals surface area contributed by atoms with Gasteiger partial charge in [0.25, 0.3) is 0 Å². The van der Waals surface area contributed by atoms with Crippen LogP contribution in [0.25, 0.3) is 0 Å². The number of hydrogen-bond acceptors (Lipinski definition) is 3. The Labute approximate surface area is 110 Å². The third-order valence-electron chi connectivity index (χ3n) is 3.38. The van der Waals surface area contributed by atoms with Gasteiger partial charge in [-0.15, -0.1) is 0 Å². The van der Waals surface area contributed by atoms with Crippen molar-refractivity contribution in [2.24, 2.45) is 5.92 Å². The molecule has 0 bridgehead atoms. The zero-order valence-electron chi connectivity index (χ0n) is 11.6. The molecule has 0 aromatic heterocycles. The van der Waals surface area contributed by atoms with Crippen molar-refractivity contribution in [3.8, 4) is 5.75 Å². The number of rotatable bonds is 7. The van der Waals surface area contributed by atoms with Crippen LogP contribution >= 0.6 is 0 Å². The Hall–Kier alpha value is -1.22. The number of anilines is 1. The summed E-state index contributed by atoms with van der Waals surface area (Å²) in [6, 6.07) is 8.87. The summed E-state index contributed by atoms with van der Waals surface area (Å²) in [5.74, 6) is 1.82. The maximum absolute atomic E-state index is 5.67. The van der Waals surface area contributed by atoms with Crippen molar-refractivity contribution in [1.82, 2.24) is 4.90 Å². The summed E-state index contributed by atoms with van der Waals surface area (Å²) in [6.45, 7) is 3.94. The van der Waals surface area contributed by atoms with Gasteiger partial charge in [-0.1, -0.05) is 0 Å². The van der Waals surface area contributed by atoms with Crippen LogP contribution in [0.5, 0.6) is 5.75 Å². The third-order valence-corrected chi connectivity index (χ3v) is 3.38. The Morgan fingerprint density at radius 2 is 1.94 bits per heavy atom. The summed E-state index contributed by atoms with van der Waals surface area (Å²) in [4.78, 5) is 2.12. The summed E-state index contributed by atoms with van der Waals surface area (Å²) >= 11 is 0. The Balaban J connectivity index is 1.77. The highest BCUT2D eigenvalue weighted by molar-refractivity contribution is 5.47. The second kappa shape index (κ2) is 6.10. The second-order valence-corrected chi connectivity index (χ2v) is 5.45. The lowest BCUT2D eigenvalue weighted by Gasteiger charge is -2.15. The molecule has 0 saturated heterocycles. The van der Waals surface area contributed by atoms with Gasteiger partial charge in [0.2, 0.25) is 0 Å². The Kier molecular flexibility index (Phi) is 4.48. The smallest absolute Gasteiger partial charge is 0.119 e. The van der Waals surface area contributed by atoms with Crippen LogP contribution in [0, 0.1) is 5.92 Å². The van der Waals surface area contributed by atoms with Gasteiger partial charge < -0.3 is 15.0 Å². The number of nitrogens with zero attached hydrogens (tertiary/aromatic N) is 1. The van der Waals surface area contributed by atoms with E-state index in [0.29, 0.717) is 6.04 Å². The molecule has 1 saturated carbocycles. The number of ether oxygens (including phenoxy) is 1. The van der Waals surface area contributed by atoms with Gasteiger partial charge in [0.15, 0.2) is 0 Å². The molecule has 1 atom stereocenters. The SMILES string of the molecule is CC(Nc1ccc(OCCN(C)C)cc1)C1CC1. The molecule has 100 valence electrons. The van der Waals surface area contributed by atoms with E-state index in [1.54, 1.807) is 0 Å². The highest BCUT2D eigenvalue weighted by atomic mass is 16.5. The van der Waals surface area contributed by atoms with Crippen molar-refractivity contribution in [1.29, 1.82) is 0 Å². The number of hydrogen-bond donors (Lipinski definition) is 1. The molecule has 1 aromatic rings. The molecular formula is C15H24N2O. The number of benzene rings is 1. The average molecular weight is 248 g/mol. The van der Waals surface area contributed by atoms with Crippen LogP contribution < -0.4 is 10.1 Å². The standard InChI is InChI=1S/C15H24N2O/c1-12(13-4-5-13)16-14-6-8-15(9-7-14)18-11-10-17(2)3/h6-9,12-13,16H,4-5,10-11H2,1-3H3. The summed E-state index contributed by atoms with van der Waals surface area (Å²) in [7, 11) is 4.10. The molecule has 1 unspecified atom stereocenters. The molecule has 0 radical (unpaired) electrons. The Morgan fingerprint density at radius 3 is 2.50 bits per heavy atom. The number of likely N-dealkylation sites (N-methyl/N-ethyl adjacent to an activating group) is 1. The second-order valence-electron chi connectivity index (χ2n) is 5.45. The van der Waals surface area contributed by atoms with Gasteiger partial charge in [0.05, 0.1) is 0 Å². The molecule has 1 fully saturated rings. The molecular weight excluding hydrogens is 224 g/mol. The summed E-state index contributed by atoms with van der Waals surface area (Å²) in [5, 5.41) is 3.54. The van der Waals surface area contributed by atoms with Crippen molar-refractivity contribution in [3.05, 3.63) is 24.3 Å². The minimum atomic E-state index is 0.588. The molecule has 3 nitrogen and oxygen atoms in total. The van der Waals surface area contributed by atoms with E-state index in [1.807, 2.05) is 12.1 Å². The van der Waals surface area contributed by atoms with Gasteiger partial charge in [-0.05, 0) is 64.0 Å². The predicted molar refractivity (Wildman–Crippen MR) is 76.3 cm³/mol. The van der Waals surface area contributed by atoms with E-state index in [0.717, 1.165) is 24.8 Å². The quantitative estimate of drug-likeness (QED) is 0.803. The highest BCUT2D eigenvalue weighted by Gasteiger charge is 2.27. The van der Waals surface area contributed by atoms with Gasteiger partial charge in [-0.25, -0.2) is 0 Å². The van der Waals surface area contributed by atoms with Gasteiger partial charge in [-0.2, -0.15) is 0 Å². The van der Waals surface area contributed by atoms with E-state index in [9.17, 15) is 0 Å². The van der Waals surface area contributed by atoms with Crippen molar-refractivity contribution < 1.29 is 4.74 Å². The summed E-state index contributed by atoms with van der Waals surface area (Å²) in [5.41, 5.74) is 1.19. The summed E-state index contributed by atoms with van der Waals surface area (Å²) < 4.78 is 5.67. The fraction of sp³-hybridized carbons (Fsp3) is 0.600. The first-order valence-electron chi connectivity index (χ1n) is 6.79. The van der Waals surface area contributed by atoms with E-state index in [2.05, 4.69) is 43.4 Å². The normalized spacial score (nSPS) is 16.7. The van der Waals surface area contributed by atoms with E-state index >= 15 is 0 Å². The van der Waals surface area contributed by atoms with E-state index in [1.165, 1.54) is 18.5 Å². The molecule has 1 aliphatic rings. The van der Waals surface area contributed by atoms with Gasteiger partial charge >= 0.3 is 0 Å². The van der Waals surface area contributed by atoms with Crippen LogP contribution in [0.4, 0.5) is 5.69 Å². The van der Waals surface area contributed by atoms with Crippen LogP contribution in [0.3, 0.4) is 0 Å². The molecule has 0 heterocycles. The third kappa shape index (κ3) is 4.22.